The van der Waals surface area contributed by atoms with Gasteiger partial charge in [0.2, 0.25) is 5.13 Å². The predicted octanol–water partition coefficient (Wildman–Crippen LogP) is 4.22. The fraction of sp³-hybridized carbons (Fsp3) is 0.524. The second-order valence-corrected chi connectivity index (χ2v) is 10.1. The lowest BCUT2D eigenvalue weighted by Crippen LogP contribution is -2.37. The number of ether oxygens (including phenoxy) is 2. The fourth-order valence-corrected chi connectivity index (χ4v) is 3.63. The molecule has 3 rings (SSSR count). The summed E-state index contributed by atoms with van der Waals surface area (Å²) >= 11 is 1.35. The second kappa shape index (κ2) is 8.22. The Balaban J connectivity index is 1.83. The summed E-state index contributed by atoms with van der Waals surface area (Å²) in [6, 6.07) is 5.27. The molecule has 1 aromatic carbocycles. The van der Waals surface area contributed by atoms with E-state index in [9.17, 15) is 9.59 Å². The quantitative estimate of drug-likeness (QED) is 0.764. The molecule has 1 aliphatic heterocycles. The molecule has 1 aliphatic rings. The maximum Gasteiger partial charge on any atom is 0.410 e. The molecule has 9 heteroatoms. The molecule has 2 aromatic rings. The van der Waals surface area contributed by atoms with Crippen molar-refractivity contribution < 1.29 is 19.1 Å². The number of amides is 2. The minimum Gasteiger partial charge on any atom is -0.491 e. The Hall–Kier alpha value is -2.68. The zero-order valence-electron chi connectivity index (χ0n) is 18.2. The lowest BCUT2D eigenvalue weighted by Gasteiger charge is -2.26. The van der Waals surface area contributed by atoms with Crippen LogP contribution in [-0.4, -0.2) is 45.9 Å². The highest BCUT2D eigenvalue weighted by Crippen LogP contribution is 2.30. The van der Waals surface area contributed by atoms with Crippen molar-refractivity contribution in [1.82, 2.24) is 15.1 Å². The van der Waals surface area contributed by atoms with Gasteiger partial charge in [-0.05, 0) is 32.9 Å². The summed E-state index contributed by atoms with van der Waals surface area (Å²) in [7, 11) is 0. The zero-order chi connectivity index (χ0) is 22.1. The first-order chi connectivity index (χ1) is 13.9. The molecule has 0 aliphatic carbocycles. The maximum absolute atomic E-state index is 13.0. The summed E-state index contributed by atoms with van der Waals surface area (Å²) in [5, 5.41) is 12.3. The van der Waals surface area contributed by atoms with Crippen LogP contribution in [0, 0.1) is 0 Å². The van der Waals surface area contributed by atoms with E-state index in [1.165, 1.54) is 11.3 Å². The number of benzene rings is 1. The van der Waals surface area contributed by atoms with E-state index in [0.29, 0.717) is 35.2 Å². The van der Waals surface area contributed by atoms with Gasteiger partial charge < -0.3 is 14.4 Å². The fourth-order valence-electron chi connectivity index (χ4n) is 2.84. The first-order valence-electron chi connectivity index (χ1n) is 9.82. The molecule has 0 unspecified atom stereocenters. The van der Waals surface area contributed by atoms with E-state index in [-0.39, 0.29) is 17.9 Å². The van der Waals surface area contributed by atoms with Crippen molar-refractivity contribution in [3.63, 3.8) is 0 Å². The van der Waals surface area contributed by atoms with Crippen LogP contribution in [0.25, 0.3) is 0 Å². The number of hydrogen-bond acceptors (Lipinski definition) is 7. The molecule has 0 saturated carbocycles. The third-order valence-corrected chi connectivity index (χ3v) is 5.55. The van der Waals surface area contributed by atoms with Crippen LogP contribution in [0.5, 0.6) is 5.75 Å². The van der Waals surface area contributed by atoms with Gasteiger partial charge in [0.15, 0.2) is 0 Å². The standard InChI is InChI=1S/C21H28N4O4S/c1-20(2,3)17-23-24-18(30-17)22-16(26)13-8-7-9-15-14(13)12-25(10-11-28-15)19(27)29-21(4,5)6/h7-9H,10-12H2,1-6H3,(H,22,24,26). The van der Waals surface area contributed by atoms with Crippen molar-refractivity contribution in [1.29, 1.82) is 0 Å². The molecule has 0 radical (unpaired) electrons. The third-order valence-electron chi connectivity index (χ3n) is 4.28. The smallest absolute Gasteiger partial charge is 0.410 e. The number of carbonyl (C=O) groups is 2. The number of carbonyl (C=O) groups excluding carboxylic acids is 2. The maximum atomic E-state index is 13.0. The first kappa shape index (κ1) is 22.0. The monoisotopic (exact) mass is 432 g/mol. The Morgan fingerprint density at radius 1 is 1.17 bits per heavy atom. The van der Waals surface area contributed by atoms with Crippen LogP contribution >= 0.6 is 11.3 Å². The summed E-state index contributed by atoms with van der Waals surface area (Å²) in [5.74, 6) is 0.263. The van der Waals surface area contributed by atoms with E-state index in [1.807, 2.05) is 41.5 Å². The average Bonchev–Trinajstić information content (AvgIpc) is 2.98. The van der Waals surface area contributed by atoms with Crippen molar-refractivity contribution in [2.24, 2.45) is 0 Å². The zero-order valence-corrected chi connectivity index (χ0v) is 19.1. The van der Waals surface area contributed by atoms with Gasteiger partial charge in [-0.3, -0.25) is 10.1 Å². The molecule has 0 saturated heterocycles. The van der Waals surface area contributed by atoms with Gasteiger partial charge in [-0.2, -0.15) is 0 Å². The molecule has 1 N–H and O–H groups in total. The Labute approximate surface area is 180 Å². The van der Waals surface area contributed by atoms with Gasteiger partial charge in [0.25, 0.3) is 5.91 Å². The predicted molar refractivity (Wildman–Crippen MR) is 115 cm³/mol. The van der Waals surface area contributed by atoms with E-state index in [4.69, 9.17) is 9.47 Å². The van der Waals surface area contributed by atoms with Gasteiger partial charge in [-0.1, -0.05) is 38.2 Å². The number of fused-ring (bicyclic) bond motifs is 1. The van der Waals surface area contributed by atoms with Crippen LogP contribution in [0.15, 0.2) is 18.2 Å². The molecule has 8 nitrogen and oxygen atoms in total. The summed E-state index contributed by atoms with van der Waals surface area (Å²) in [4.78, 5) is 27.1. The number of hydrogen-bond donors (Lipinski definition) is 1. The van der Waals surface area contributed by atoms with Crippen LogP contribution in [-0.2, 0) is 16.7 Å². The van der Waals surface area contributed by atoms with Gasteiger partial charge in [0.05, 0.1) is 13.1 Å². The number of nitrogens with one attached hydrogen (secondary N) is 1. The second-order valence-electron chi connectivity index (χ2n) is 9.15. The van der Waals surface area contributed by atoms with E-state index in [1.54, 1.807) is 23.1 Å². The highest BCUT2D eigenvalue weighted by molar-refractivity contribution is 7.15. The summed E-state index contributed by atoms with van der Waals surface area (Å²) in [5.41, 5.74) is 0.313. The summed E-state index contributed by atoms with van der Waals surface area (Å²) < 4.78 is 11.3. The number of anilines is 1. The third kappa shape index (κ3) is 5.27. The molecule has 1 aromatic heterocycles. The highest BCUT2D eigenvalue weighted by Gasteiger charge is 2.28. The SMILES string of the molecule is CC(C)(C)OC(=O)N1CCOc2cccc(C(=O)Nc3nnc(C(C)(C)C)s3)c2C1. The van der Waals surface area contributed by atoms with Crippen LogP contribution < -0.4 is 10.1 Å². The van der Waals surface area contributed by atoms with Crippen molar-refractivity contribution in [2.75, 3.05) is 18.5 Å². The van der Waals surface area contributed by atoms with Crippen LogP contribution in [0.4, 0.5) is 9.93 Å². The largest absolute Gasteiger partial charge is 0.491 e. The Bertz CT molecular complexity index is 943. The lowest BCUT2D eigenvalue weighted by atomic mass is 9.98. The molecule has 0 spiro atoms. The molecule has 30 heavy (non-hydrogen) atoms. The van der Waals surface area contributed by atoms with E-state index in [0.717, 1.165) is 5.01 Å². The number of aromatic nitrogens is 2. The van der Waals surface area contributed by atoms with Crippen LogP contribution in [0.1, 0.15) is 62.5 Å². The summed E-state index contributed by atoms with van der Waals surface area (Å²) in [6.45, 7) is 12.5. The van der Waals surface area contributed by atoms with E-state index < -0.39 is 11.7 Å². The molecule has 2 heterocycles. The van der Waals surface area contributed by atoms with Gasteiger partial charge in [0, 0.05) is 16.5 Å². The molecule has 0 fully saturated rings. The van der Waals surface area contributed by atoms with Crippen molar-refractivity contribution in [3.05, 3.63) is 34.3 Å². The van der Waals surface area contributed by atoms with Crippen molar-refractivity contribution in [2.45, 2.75) is 59.1 Å². The topological polar surface area (TPSA) is 93.6 Å². The van der Waals surface area contributed by atoms with E-state index >= 15 is 0 Å². The average molecular weight is 433 g/mol. The van der Waals surface area contributed by atoms with Crippen molar-refractivity contribution >= 4 is 28.5 Å². The Morgan fingerprint density at radius 3 is 2.53 bits per heavy atom. The molecular weight excluding hydrogens is 404 g/mol. The first-order valence-corrected chi connectivity index (χ1v) is 10.6. The minimum absolute atomic E-state index is 0.147. The molecule has 162 valence electrons. The van der Waals surface area contributed by atoms with Gasteiger partial charge in [0.1, 0.15) is 23.0 Å². The number of nitrogens with zero attached hydrogens (tertiary/aromatic N) is 3. The van der Waals surface area contributed by atoms with Crippen LogP contribution in [0.3, 0.4) is 0 Å². The lowest BCUT2D eigenvalue weighted by molar-refractivity contribution is 0.0225. The van der Waals surface area contributed by atoms with Gasteiger partial charge >= 0.3 is 6.09 Å². The van der Waals surface area contributed by atoms with Gasteiger partial charge in [-0.15, -0.1) is 10.2 Å². The molecule has 0 bridgehead atoms. The van der Waals surface area contributed by atoms with Crippen molar-refractivity contribution in [3.8, 4) is 5.75 Å². The molecular formula is C21H28N4O4S. The van der Waals surface area contributed by atoms with E-state index in [2.05, 4.69) is 15.5 Å². The Morgan fingerprint density at radius 2 is 1.90 bits per heavy atom. The number of rotatable bonds is 2. The molecule has 2 amide bonds. The molecule has 0 atom stereocenters. The normalized spacial score (nSPS) is 14.4. The Kier molecular flexibility index (Phi) is 6.03. The minimum atomic E-state index is -0.605. The summed E-state index contributed by atoms with van der Waals surface area (Å²) in [6.07, 6.45) is -0.437. The van der Waals surface area contributed by atoms with Gasteiger partial charge in [-0.25, -0.2) is 4.79 Å². The van der Waals surface area contributed by atoms with Crippen LogP contribution in [0.2, 0.25) is 0 Å². The highest BCUT2D eigenvalue weighted by atomic mass is 32.1.